The van der Waals surface area contributed by atoms with Crippen molar-refractivity contribution in [1.82, 2.24) is 9.97 Å². The lowest BCUT2D eigenvalue weighted by molar-refractivity contribution is -0.120. The molecule has 3 aromatic rings. The number of thioether (sulfide) groups is 1. The summed E-state index contributed by atoms with van der Waals surface area (Å²) in [5.74, 6) is -1.75. The standard InChI is InChI=1S/C27H26N4O4S/c1-5-13-35-26(34)20-11-6-7-12-21(20)31-24(32)22(30-19-10-8-9-16(2)14-19)23(25(31)33)36-27-28-17(3)15-18(4)29-27/h6-12,14-15,30H,5,13H2,1-4H3. The van der Waals surface area contributed by atoms with Gasteiger partial charge in [0.2, 0.25) is 0 Å². The Bertz CT molecular complexity index is 1370. The molecule has 0 bridgehead atoms. The monoisotopic (exact) mass is 502 g/mol. The highest BCUT2D eigenvalue weighted by Crippen LogP contribution is 2.38. The molecule has 1 aliphatic rings. The van der Waals surface area contributed by atoms with Gasteiger partial charge < -0.3 is 10.1 Å². The number of aromatic nitrogens is 2. The minimum atomic E-state index is -0.597. The van der Waals surface area contributed by atoms with Crippen molar-refractivity contribution >= 4 is 40.9 Å². The van der Waals surface area contributed by atoms with Crippen LogP contribution in [0.4, 0.5) is 11.4 Å². The molecule has 0 aliphatic carbocycles. The van der Waals surface area contributed by atoms with Crippen LogP contribution in [-0.4, -0.2) is 34.4 Å². The van der Waals surface area contributed by atoms with Gasteiger partial charge in [-0.15, -0.1) is 0 Å². The zero-order valence-electron chi connectivity index (χ0n) is 20.5. The van der Waals surface area contributed by atoms with Crippen molar-refractivity contribution in [2.45, 2.75) is 39.3 Å². The number of esters is 1. The van der Waals surface area contributed by atoms with Crippen LogP contribution in [0.25, 0.3) is 0 Å². The normalized spacial score (nSPS) is 13.4. The van der Waals surface area contributed by atoms with E-state index in [-0.39, 0.29) is 28.5 Å². The molecular formula is C27H26N4O4S. The number of hydrogen-bond acceptors (Lipinski definition) is 8. The van der Waals surface area contributed by atoms with E-state index in [0.717, 1.165) is 33.6 Å². The molecule has 0 fully saturated rings. The van der Waals surface area contributed by atoms with Crippen LogP contribution in [0, 0.1) is 20.8 Å². The van der Waals surface area contributed by atoms with Crippen molar-refractivity contribution in [3.8, 4) is 0 Å². The third-order valence-electron chi connectivity index (χ3n) is 5.29. The number of amides is 2. The fraction of sp³-hybridized carbons (Fsp3) is 0.222. The third-order valence-corrected chi connectivity index (χ3v) is 6.23. The highest BCUT2D eigenvalue weighted by molar-refractivity contribution is 8.04. The molecule has 2 amide bonds. The minimum Gasteiger partial charge on any atom is -0.462 e. The van der Waals surface area contributed by atoms with Crippen molar-refractivity contribution < 1.29 is 19.1 Å². The second kappa shape index (κ2) is 10.7. The molecule has 0 saturated carbocycles. The Morgan fingerprint density at radius 1 is 0.972 bits per heavy atom. The number of hydrogen-bond donors (Lipinski definition) is 1. The fourth-order valence-electron chi connectivity index (χ4n) is 3.74. The Balaban J connectivity index is 1.78. The van der Waals surface area contributed by atoms with E-state index in [1.807, 2.05) is 58.0 Å². The van der Waals surface area contributed by atoms with E-state index in [2.05, 4.69) is 15.3 Å². The highest BCUT2D eigenvalue weighted by Gasteiger charge is 2.42. The third kappa shape index (κ3) is 5.31. The van der Waals surface area contributed by atoms with Gasteiger partial charge in [-0.2, -0.15) is 0 Å². The van der Waals surface area contributed by atoms with Gasteiger partial charge in [-0.05, 0) is 74.8 Å². The topological polar surface area (TPSA) is 101 Å². The molecule has 1 N–H and O–H groups in total. The van der Waals surface area contributed by atoms with Crippen LogP contribution >= 0.6 is 11.8 Å². The zero-order chi connectivity index (χ0) is 25.8. The molecule has 0 unspecified atom stereocenters. The van der Waals surface area contributed by atoms with Crippen LogP contribution in [0.3, 0.4) is 0 Å². The van der Waals surface area contributed by atoms with Crippen LogP contribution in [0.1, 0.15) is 40.7 Å². The van der Waals surface area contributed by atoms with Gasteiger partial charge in [0.25, 0.3) is 11.8 Å². The lowest BCUT2D eigenvalue weighted by atomic mass is 10.1. The van der Waals surface area contributed by atoms with E-state index in [9.17, 15) is 14.4 Å². The van der Waals surface area contributed by atoms with Gasteiger partial charge in [-0.3, -0.25) is 9.59 Å². The number of nitrogens with one attached hydrogen (secondary N) is 1. The highest BCUT2D eigenvalue weighted by atomic mass is 32.2. The average Bonchev–Trinajstić information content (AvgIpc) is 3.05. The lowest BCUT2D eigenvalue weighted by Crippen LogP contribution is -2.33. The van der Waals surface area contributed by atoms with E-state index in [0.29, 0.717) is 17.3 Å². The first-order valence-corrected chi connectivity index (χ1v) is 12.3. The summed E-state index contributed by atoms with van der Waals surface area (Å²) in [5, 5.41) is 3.47. The van der Waals surface area contributed by atoms with Crippen LogP contribution in [0.5, 0.6) is 0 Å². The van der Waals surface area contributed by atoms with E-state index in [4.69, 9.17) is 4.74 Å². The maximum absolute atomic E-state index is 13.7. The Hall–Kier alpha value is -3.98. The molecule has 184 valence electrons. The lowest BCUT2D eigenvalue weighted by Gasteiger charge is -2.18. The molecule has 2 aromatic carbocycles. The quantitative estimate of drug-likeness (QED) is 0.262. The maximum atomic E-state index is 13.7. The van der Waals surface area contributed by atoms with E-state index in [1.54, 1.807) is 24.3 Å². The van der Waals surface area contributed by atoms with E-state index < -0.39 is 17.8 Å². The first kappa shape index (κ1) is 25.1. The summed E-state index contributed by atoms with van der Waals surface area (Å²) >= 11 is 1.02. The van der Waals surface area contributed by atoms with Gasteiger partial charge in [0, 0.05) is 17.1 Å². The number of benzene rings is 2. The van der Waals surface area contributed by atoms with Crippen molar-refractivity contribution in [1.29, 1.82) is 0 Å². The summed E-state index contributed by atoms with van der Waals surface area (Å²) in [6, 6.07) is 15.7. The number of carbonyl (C=O) groups is 3. The summed E-state index contributed by atoms with van der Waals surface area (Å²) < 4.78 is 5.29. The number of rotatable bonds is 8. The Kier molecular flexibility index (Phi) is 7.49. The molecule has 8 nitrogen and oxygen atoms in total. The number of anilines is 2. The summed E-state index contributed by atoms with van der Waals surface area (Å²) in [4.78, 5) is 50.2. The number of nitrogens with zero attached hydrogens (tertiary/aromatic N) is 3. The number of ether oxygens (including phenoxy) is 1. The maximum Gasteiger partial charge on any atom is 0.340 e. The zero-order valence-corrected chi connectivity index (χ0v) is 21.3. The Morgan fingerprint density at radius 3 is 2.39 bits per heavy atom. The number of para-hydroxylation sites is 1. The van der Waals surface area contributed by atoms with Crippen molar-refractivity contribution in [3.05, 3.63) is 87.7 Å². The molecule has 1 aliphatic heterocycles. The first-order chi connectivity index (χ1) is 17.3. The van der Waals surface area contributed by atoms with Crippen molar-refractivity contribution in [2.75, 3.05) is 16.8 Å². The molecule has 1 aromatic heterocycles. The molecule has 0 spiro atoms. The van der Waals surface area contributed by atoms with Crippen LogP contribution < -0.4 is 10.2 Å². The molecular weight excluding hydrogens is 476 g/mol. The number of aryl methyl sites for hydroxylation is 3. The molecule has 4 rings (SSSR count). The SMILES string of the molecule is CCCOC(=O)c1ccccc1N1C(=O)C(Nc2cccc(C)c2)=C(Sc2nc(C)cc(C)n2)C1=O. The molecule has 0 saturated heterocycles. The van der Waals surface area contributed by atoms with Gasteiger partial charge >= 0.3 is 5.97 Å². The van der Waals surface area contributed by atoms with Crippen LogP contribution in [0.2, 0.25) is 0 Å². The summed E-state index contributed by atoms with van der Waals surface area (Å²) in [6.45, 7) is 7.73. The number of imide groups is 1. The number of carbonyl (C=O) groups excluding carboxylic acids is 3. The predicted octanol–water partition coefficient (Wildman–Crippen LogP) is 4.96. The molecule has 0 atom stereocenters. The van der Waals surface area contributed by atoms with Gasteiger partial charge in [-0.25, -0.2) is 19.7 Å². The van der Waals surface area contributed by atoms with Crippen LogP contribution in [-0.2, 0) is 14.3 Å². The van der Waals surface area contributed by atoms with Crippen molar-refractivity contribution in [3.63, 3.8) is 0 Å². The second-order valence-corrected chi connectivity index (χ2v) is 9.31. The summed E-state index contributed by atoms with van der Waals surface area (Å²) in [6.07, 6.45) is 0.651. The van der Waals surface area contributed by atoms with E-state index >= 15 is 0 Å². The van der Waals surface area contributed by atoms with Crippen LogP contribution in [0.15, 0.2) is 70.4 Å². The molecule has 36 heavy (non-hydrogen) atoms. The van der Waals surface area contributed by atoms with Gasteiger partial charge in [0.1, 0.15) is 10.6 Å². The minimum absolute atomic E-state index is 0.0927. The smallest absolute Gasteiger partial charge is 0.340 e. The van der Waals surface area contributed by atoms with E-state index in [1.165, 1.54) is 0 Å². The molecule has 2 heterocycles. The van der Waals surface area contributed by atoms with Gasteiger partial charge in [0.15, 0.2) is 5.16 Å². The largest absolute Gasteiger partial charge is 0.462 e. The summed E-state index contributed by atoms with van der Waals surface area (Å²) in [7, 11) is 0. The molecule has 0 radical (unpaired) electrons. The first-order valence-electron chi connectivity index (χ1n) is 11.5. The van der Waals surface area contributed by atoms with Gasteiger partial charge in [-0.1, -0.05) is 31.2 Å². The average molecular weight is 503 g/mol. The Morgan fingerprint density at radius 2 is 1.69 bits per heavy atom. The summed E-state index contributed by atoms with van der Waals surface area (Å²) in [5.41, 5.74) is 3.53. The van der Waals surface area contributed by atoms with Gasteiger partial charge in [0.05, 0.1) is 17.9 Å². The Labute approximate surface area is 213 Å². The molecule has 9 heteroatoms. The second-order valence-electron chi connectivity index (χ2n) is 8.33. The predicted molar refractivity (Wildman–Crippen MR) is 139 cm³/mol. The van der Waals surface area contributed by atoms with Crippen molar-refractivity contribution in [2.24, 2.45) is 0 Å². The fourth-order valence-corrected chi connectivity index (χ4v) is 4.73.